The molecule has 1 atom stereocenters. The van der Waals surface area contributed by atoms with Crippen LogP contribution in [0.3, 0.4) is 0 Å². The molecule has 3 nitrogen and oxygen atoms in total. The Kier molecular flexibility index (Phi) is 3.76. The molecule has 1 aromatic carbocycles. The van der Waals surface area contributed by atoms with Gasteiger partial charge in [0.15, 0.2) is 9.84 Å². The zero-order valence-electron chi connectivity index (χ0n) is 8.57. The SMILES string of the molecule is CC(O)Cc1cc(S(C)(=O)=O)ccc1Cl. The topological polar surface area (TPSA) is 54.4 Å². The first-order chi connectivity index (χ1) is 6.80. The minimum atomic E-state index is -3.22. The van der Waals surface area contributed by atoms with Crippen molar-refractivity contribution in [3.05, 3.63) is 28.8 Å². The molecule has 0 spiro atoms. The van der Waals surface area contributed by atoms with E-state index in [1.54, 1.807) is 6.92 Å². The maximum Gasteiger partial charge on any atom is 0.175 e. The molecule has 0 radical (unpaired) electrons. The molecule has 0 saturated carbocycles. The van der Waals surface area contributed by atoms with Crippen molar-refractivity contribution in [2.45, 2.75) is 24.3 Å². The standard InChI is InChI=1S/C10H13ClO3S/c1-7(12)5-8-6-9(15(2,13)14)3-4-10(8)11/h3-4,6-7,12H,5H2,1-2H3. The van der Waals surface area contributed by atoms with Gasteiger partial charge in [-0.2, -0.15) is 0 Å². The van der Waals surface area contributed by atoms with Gasteiger partial charge in [0.05, 0.1) is 11.0 Å². The minimum Gasteiger partial charge on any atom is -0.393 e. The van der Waals surface area contributed by atoms with Crippen molar-refractivity contribution >= 4 is 21.4 Å². The molecular formula is C10H13ClO3S. The molecule has 0 aliphatic heterocycles. The lowest BCUT2D eigenvalue weighted by atomic mass is 10.1. The van der Waals surface area contributed by atoms with E-state index in [-0.39, 0.29) is 4.90 Å². The first-order valence-electron chi connectivity index (χ1n) is 4.47. The number of halogens is 1. The molecular weight excluding hydrogens is 236 g/mol. The van der Waals surface area contributed by atoms with Gasteiger partial charge in [-0.3, -0.25) is 0 Å². The van der Waals surface area contributed by atoms with Gasteiger partial charge in [0.1, 0.15) is 0 Å². The van der Waals surface area contributed by atoms with Crippen LogP contribution in [0.1, 0.15) is 12.5 Å². The van der Waals surface area contributed by atoms with Crippen LogP contribution in [-0.2, 0) is 16.3 Å². The van der Waals surface area contributed by atoms with Crippen molar-refractivity contribution in [2.75, 3.05) is 6.26 Å². The maximum atomic E-state index is 11.3. The van der Waals surface area contributed by atoms with Crippen LogP contribution in [0, 0.1) is 0 Å². The number of hydrogen-bond acceptors (Lipinski definition) is 3. The largest absolute Gasteiger partial charge is 0.393 e. The van der Waals surface area contributed by atoms with Crippen LogP contribution in [0.25, 0.3) is 0 Å². The van der Waals surface area contributed by atoms with Crippen molar-refractivity contribution in [2.24, 2.45) is 0 Å². The van der Waals surface area contributed by atoms with Gasteiger partial charge >= 0.3 is 0 Å². The second-order valence-electron chi connectivity index (χ2n) is 3.58. The minimum absolute atomic E-state index is 0.225. The lowest BCUT2D eigenvalue weighted by Crippen LogP contribution is -2.06. The summed E-state index contributed by atoms with van der Waals surface area (Å²) in [5.41, 5.74) is 0.648. The van der Waals surface area contributed by atoms with E-state index >= 15 is 0 Å². The normalized spacial score (nSPS) is 13.9. The summed E-state index contributed by atoms with van der Waals surface area (Å²) in [5, 5.41) is 9.69. The van der Waals surface area contributed by atoms with Gasteiger partial charge in [-0.05, 0) is 37.1 Å². The van der Waals surface area contributed by atoms with Crippen LogP contribution >= 0.6 is 11.6 Å². The molecule has 0 saturated heterocycles. The highest BCUT2D eigenvalue weighted by atomic mass is 35.5. The highest BCUT2D eigenvalue weighted by Crippen LogP contribution is 2.21. The fourth-order valence-electron chi connectivity index (χ4n) is 1.26. The summed E-state index contributed by atoms with van der Waals surface area (Å²) in [5.74, 6) is 0. The van der Waals surface area contributed by atoms with Crippen molar-refractivity contribution in [3.8, 4) is 0 Å². The van der Waals surface area contributed by atoms with E-state index in [9.17, 15) is 13.5 Å². The summed E-state index contributed by atoms with van der Waals surface area (Å²) < 4.78 is 22.6. The second-order valence-corrected chi connectivity index (χ2v) is 6.00. The highest BCUT2D eigenvalue weighted by Gasteiger charge is 2.11. The lowest BCUT2D eigenvalue weighted by molar-refractivity contribution is 0.195. The van der Waals surface area contributed by atoms with Gasteiger partial charge in [-0.15, -0.1) is 0 Å². The molecule has 0 amide bonds. The van der Waals surface area contributed by atoms with E-state index in [1.165, 1.54) is 18.2 Å². The third-order valence-electron chi connectivity index (χ3n) is 1.96. The van der Waals surface area contributed by atoms with E-state index in [1.807, 2.05) is 0 Å². The van der Waals surface area contributed by atoms with Crippen LogP contribution in [0.15, 0.2) is 23.1 Å². The van der Waals surface area contributed by atoms with Crippen LogP contribution in [-0.4, -0.2) is 25.9 Å². The third kappa shape index (κ3) is 3.48. The Morgan fingerprint density at radius 1 is 1.47 bits per heavy atom. The van der Waals surface area contributed by atoms with Gasteiger partial charge < -0.3 is 5.11 Å². The molecule has 84 valence electrons. The Morgan fingerprint density at radius 3 is 2.53 bits per heavy atom. The average Bonchev–Trinajstić information content (AvgIpc) is 2.06. The van der Waals surface area contributed by atoms with Crippen molar-refractivity contribution in [1.82, 2.24) is 0 Å². The van der Waals surface area contributed by atoms with E-state index in [0.29, 0.717) is 17.0 Å². The number of benzene rings is 1. The highest BCUT2D eigenvalue weighted by molar-refractivity contribution is 7.90. The van der Waals surface area contributed by atoms with Gasteiger partial charge in [0.2, 0.25) is 0 Å². The Bertz CT molecular complexity index is 452. The number of sulfone groups is 1. The van der Waals surface area contributed by atoms with E-state index in [2.05, 4.69) is 0 Å². The summed E-state index contributed by atoms with van der Waals surface area (Å²) in [4.78, 5) is 0.225. The summed E-state index contributed by atoms with van der Waals surface area (Å²) in [7, 11) is -3.22. The van der Waals surface area contributed by atoms with Gasteiger partial charge in [-0.1, -0.05) is 11.6 Å². The predicted molar refractivity (Wildman–Crippen MR) is 59.9 cm³/mol. The third-order valence-corrected chi connectivity index (χ3v) is 3.44. The number of hydrogen-bond donors (Lipinski definition) is 1. The fraction of sp³-hybridized carbons (Fsp3) is 0.400. The Labute approximate surface area is 94.6 Å². The quantitative estimate of drug-likeness (QED) is 0.885. The monoisotopic (exact) mass is 248 g/mol. The molecule has 5 heteroatoms. The molecule has 0 aliphatic carbocycles. The smallest absolute Gasteiger partial charge is 0.175 e. The number of rotatable bonds is 3. The van der Waals surface area contributed by atoms with Crippen molar-refractivity contribution < 1.29 is 13.5 Å². The molecule has 1 rings (SSSR count). The van der Waals surface area contributed by atoms with E-state index in [4.69, 9.17) is 11.6 Å². The van der Waals surface area contributed by atoms with E-state index < -0.39 is 15.9 Å². The zero-order chi connectivity index (χ0) is 11.6. The summed E-state index contributed by atoms with van der Waals surface area (Å²) in [6.45, 7) is 1.63. The summed E-state index contributed by atoms with van der Waals surface area (Å²) in [6, 6.07) is 4.50. The second kappa shape index (κ2) is 4.51. The Hall–Kier alpha value is -0.580. The lowest BCUT2D eigenvalue weighted by Gasteiger charge is -2.08. The zero-order valence-corrected chi connectivity index (χ0v) is 10.1. The molecule has 1 aromatic rings. The number of aliphatic hydroxyl groups excluding tert-OH is 1. The van der Waals surface area contributed by atoms with Gasteiger partial charge in [0.25, 0.3) is 0 Å². The van der Waals surface area contributed by atoms with Crippen molar-refractivity contribution in [3.63, 3.8) is 0 Å². The van der Waals surface area contributed by atoms with Gasteiger partial charge in [0, 0.05) is 11.3 Å². The molecule has 0 aromatic heterocycles. The van der Waals surface area contributed by atoms with E-state index in [0.717, 1.165) is 6.26 Å². The number of aliphatic hydroxyl groups is 1. The maximum absolute atomic E-state index is 11.3. The molecule has 0 heterocycles. The first-order valence-corrected chi connectivity index (χ1v) is 6.74. The average molecular weight is 249 g/mol. The Morgan fingerprint density at radius 2 is 2.07 bits per heavy atom. The molecule has 1 N–H and O–H groups in total. The van der Waals surface area contributed by atoms with Crippen LogP contribution in [0.4, 0.5) is 0 Å². The molecule has 1 unspecified atom stereocenters. The summed E-state index contributed by atoms with van der Waals surface area (Å²) >= 11 is 5.88. The fourth-order valence-corrected chi connectivity index (χ4v) is 2.12. The molecule has 0 bridgehead atoms. The Balaban J connectivity index is 3.17. The molecule has 15 heavy (non-hydrogen) atoms. The van der Waals surface area contributed by atoms with Gasteiger partial charge in [-0.25, -0.2) is 8.42 Å². The van der Waals surface area contributed by atoms with Crippen LogP contribution < -0.4 is 0 Å². The molecule has 0 fully saturated rings. The first kappa shape index (κ1) is 12.5. The van der Waals surface area contributed by atoms with Crippen LogP contribution in [0.5, 0.6) is 0 Å². The summed E-state index contributed by atoms with van der Waals surface area (Å²) in [6.07, 6.45) is 0.947. The van der Waals surface area contributed by atoms with Crippen molar-refractivity contribution in [1.29, 1.82) is 0 Å². The predicted octanol–water partition coefficient (Wildman–Crippen LogP) is 1.67. The molecule has 0 aliphatic rings. The van der Waals surface area contributed by atoms with Crippen LogP contribution in [0.2, 0.25) is 5.02 Å².